The number of piperidine rings is 1. The molecule has 0 saturated carbocycles. The van der Waals surface area contributed by atoms with E-state index in [1.165, 1.54) is 6.07 Å². The molecule has 2 heterocycles. The lowest BCUT2D eigenvalue weighted by atomic mass is 9.88. The molecule has 5 nitrogen and oxygen atoms in total. The van der Waals surface area contributed by atoms with Crippen molar-refractivity contribution in [2.75, 3.05) is 13.1 Å². The average molecular weight is 354 g/mol. The number of benzene rings is 1. The number of hydrogen-bond donors (Lipinski definition) is 1. The maximum absolute atomic E-state index is 12.6. The fourth-order valence-corrected chi connectivity index (χ4v) is 3.59. The van der Waals surface area contributed by atoms with Gasteiger partial charge in [-0.2, -0.15) is 0 Å². The van der Waals surface area contributed by atoms with E-state index in [0.29, 0.717) is 31.6 Å². The van der Waals surface area contributed by atoms with Crippen LogP contribution in [-0.4, -0.2) is 39.7 Å². The number of rotatable bonds is 5. The van der Waals surface area contributed by atoms with Crippen molar-refractivity contribution in [3.05, 3.63) is 70.1 Å². The monoisotopic (exact) mass is 354 g/mol. The average Bonchev–Trinajstić information content (AvgIpc) is 2.68. The van der Waals surface area contributed by atoms with Gasteiger partial charge in [-0.3, -0.25) is 9.59 Å². The molecule has 1 aliphatic heterocycles. The Labute approximate surface area is 153 Å². The lowest BCUT2D eigenvalue weighted by Gasteiger charge is -2.34. The van der Waals surface area contributed by atoms with E-state index in [2.05, 4.69) is 0 Å². The van der Waals surface area contributed by atoms with Crippen LogP contribution in [0.3, 0.4) is 0 Å². The van der Waals surface area contributed by atoms with Gasteiger partial charge in [0.15, 0.2) is 0 Å². The topological polar surface area (TPSA) is 62.5 Å². The molecule has 0 spiro atoms. The molecule has 0 aliphatic carbocycles. The molecule has 0 radical (unpaired) electrons. The van der Waals surface area contributed by atoms with Crippen LogP contribution in [0.5, 0.6) is 0 Å². The summed E-state index contributed by atoms with van der Waals surface area (Å²) in [6.45, 7) is 3.73. The first-order chi connectivity index (χ1) is 12.6. The van der Waals surface area contributed by atoms with Gasteiger partial charge in [-0.15, -0.1) is 0 Å². The standard InChI is InChI=1S/C21H26N2O3/c1-2-22-11-10-18(15-20(22)25)21(26)23-12-8-17(9-13-23)19(24)14-16-6-4-3-5-7-16/h3-7,10-11,15,17,19,24H,2,8-9,12-14H2,1H3/t19-/m1/s1. The van der Waals surface area contributed by atoms with Crippen LogP contribution in [0, 0.1) is 5.92 Å². The Morgan fingerprint density at radius 1 is 1.19 bits per heavy atom. The van der Waals surface area contributed by atoms with Crippen molar-refractivity contribution in [3.8, 4) is 0 Å². The van der Waals surface area contributed by atoms with E-state index < -0.39 is 0 Å². The largest absolute Gasteiger partial charge is 0.392 e. The van der Waals surface area contributed by atoms with E-state index in [1.54, 1.807) is 21.7 Å². The van der Waals surface area contributed by atoms with Gasteiger partial charge in [-0.05, 0) is 43.7 Å². The van der Waals surface area contributed by atoms with E-state index >= 15 is 0 Å². The van der Waals surface area contributed by atoms with E-state index in [1.807, 2.05) is 37.3 Å². The molecule has 0 bridgehead atoms. The van der Waals surface area contributed by atoms with Gasteiger partial charge >= 0.3 is 0 Å². The summed E-state index contributed by atoms with van der Waals surface area (Å²) in [5, 5.41) is 10.5. The maximum Gasteiger partial charge on any atom is 0.254 e. The zero-order chi connectivity index (χ0) is 18.5. The fraction of sp³-hybridized carbons (Fsp3) is 0.429. The molecule has 0 unspecified atom stereocenters. The second-order valence-electron chi connectivity index (χ2n) is 6.93. The van der Waals surface area contributed by atoms with Gasteiger partial charge in [-0.1, -0.05) is 30.3 Å². The highest BCUT2D eigenvalue weighted by Gasteiger charge is 2.28. The zero-order valence-electron chi connectivity index (χ0n) is 15.2. The number of aliphatic hydroxyl groups excluding tert-OH is 1. The van der Waals surface area contributed by atoms with Crippen LogP contribution in [-0.2, 0) is 13.0 Å². The molecule has 1 saturated heterocycles. The van der Waals surface area contributed by atoms with E-state index in [0.717, 1.165) is 18.4 Å². The van der Waals surface area contributed by atoms with Gasteiger partial charge in [0.25, 0.3) is 11.5 Å². The summed E-state index contributed by atoms with van der Waals surface area (Å²) in [4.78, 5) is 26.4. The normalized spacial score (nSPS) is 16.5. The summed E-state index contributed by atoms with van der Waals surface area (Å²) < 4.78 is 1.57. The molecule has 1 aromatic carbocycles. The molecule has 26 heavy (non-hydrogen) atoms. The smallest absolute Gasteiger partial charge is 0.254 e. The number of hydrogen-bond acceptors (Lipinski definition) is 3. The zero-order valence-corrected chi connectivity index (χ0v) is 15.2. The van der Waals surface area contributed by atoms with Gasteiger partial charge in [0, 0.05) is 37.5 Å². The highest BCUT2D eigenvalue weighted by atomic mass is 16.3. The minimum atomic E-state index is -0.386. The first kappa shape index (κ1) is 18.4. The molecule has 1 aliphatic rings. The number of nitrogens with zero attached hydrogens (tertiary/aromatic N) is 2. The number of aromatic nitrogens is 1. The maximum atomic E-state index is 12.6. The van der Waals surface area contributed by atoms with Crippen molar-refractivity contribution in [2.45, 2.75) is 38.8 Å². The third-order valence-corrected chi connectivity index (χ3v) is 5.24. The number of amides is 1. The van der Waals surface area contributed by atoms with Gasteiger partial charge < -0.3 is 14.6 Å². The van der Waals surface area contributed by atoms with Crippen molar-refractivity contribution in [2.24, 2.45) is 5.92 Å². The van der Waals surface area contributed by atoms with Crippen molar-refractivity contribution < 1.29 is 9.90 Å². The van der Waals surface area contributed by atoms with Gasteiger partial charge in [-0.25, -0.2) is 0 Å². The molecule has 138 valence electrons. The number of carbonyl (C=O) groups excluding carboxylic acids is 1. The van der Waals surface area contributed by atoms with Crippen LogP contribution in [0.1, 0.15) is 35.7 Å². The predicted molar refractivity (Wildman–Crippen MR) is 101 cm³/mol. The molecule has 1 atom stereocenters. The summed E-state index contributed by atoms with van der Waals surface area (Å²) in [6.07, 6.45) is 3.50. The van der Waals surface area contributed by atoms with Crippen molar-refractivity contribution in [1.29, 1.82) is 0 Å². The third kappa shape index (κ3) is 4.22. The van der Waals surface area contributed by atoms with E-state index in [4.69, 9.17) is 0 Å². The minimum absolute atomic E-state index is 0.0960. The molecular formula is C21H26N2O3. The number of aliphatic hydroxyl groups is 1. The second kappa shape index (κ2) is 8.32. The quantitative estimate of drug-likeness (QED) is 0.896. The highest BCUT2D eigenvalue weighted by molar-refractivity contribution is 5.94. The van der Waals surface area contributed by atoms with Crippen LogP contribution in [0.15, 0.2) is 53.5 Å². The number of likely N-dealkylation sites (tertiary alicyclic amines) is 1. The highest BCUT2D eigenvalue weighted by Crippen LogP contribution is 2.24. The van der Waals surface area contributed by atoms with Crippen molar-refractivity contribution in [1.82, 2.24) is 9.47 Å². The molecule has 1 aromatic heterocycles. The van der Waals surface area contributed by atoms with Crippen LogP contribution in [0.4, 0.5) is 0 Å². The Morgan fingerprint density at radius 3 is 2.50 bits per heavy atom. The van der Waals surface area contributed by atoms with Crippen LogP contribution < -0.4 is 5.56 Å². The third-order valence-electron chi connectivity index (χ3n) is 5.24. The Kier molecular flexibility index (Phi) is 5.89. The van der Waals surface area contributed by atoms with Crippen LogP contribution in [0.2, 0.25) is 0 Å². The number of aryl methyl sites for hydroxylation is 1. The van der Waals surface area contributed by atoms with Crippen molar-refractivity contribution in [3.63, 3.8) is 0 Å². The molecule has 5 heteroatoms. The number of pyridine rings is 1. The molecule has 1 fully saturated rings. The summed E-state index contributed by atoms with van der Waals surface area (Å²) in [6, 6.07) is 13.1. The van der Waals surface area contributed by atoms with E-state index in [9.17, 15) is 14.7 Å². The lowest BCUT2D eigenvalue weighted by molar-refractivity contribution is 0.0467. The van der Waals surface area contributed by atoms with Gasteiger partial charge in [0.05, 0.1) is 6.10 Å². The molecule has 1 N–H and O–H groups in total. The first-order valence-corrected chi connectivity index (χ1v) is 9.30. The summed E-state index contributed by atoms with van der Waals surface area (Å²) in [7, 11) is 0. The number of carbonyl (C=O) groups is 1. The first-order valence-electron chi connectivity index (χ1n) is 9.30. The summed E-state index contributed by atoms with van der Waals surface area (Å²) >= 11 is 0. The SMILES string of the molecule is CCn1ccc(C(=O)N2CCC([C@H](O)Cc3ccccc3)CC2)cc1=O. The van der Waals surface area contributed by atoms with Gasteiger partial charge in [0.2, 0.25) is 0 Å². The molecular weight excluding hydrogens is 328 g/mol. The fourth-order valence-electron chi connectivity index (χ4n) is 3.59. The second-order valence-corrected chi connectivity index (χ2v) is 6.93. The predicted octanol–water partition coefficient (Wildman–Crippen LogP) is 2.32. The van der Waals surface area contributed by atoms with Crippen molar-refractivity contribution >= 4 is 5.91 Å². The Bertz CT molecular complexity index is 792. The van der Waals surface area contributed by atoms with Gasteiger partial charge in [0.1, 0.15) is 0 Å². The van der Waals surface area contributed by atoms with Crippen LogP contribution in [0.25, 0.3) is 0 Å². The Hall–Kier alpha value is -2.40. The minimum Gasteiger partial charge on any atom is -0.392 e. The van der Waals surface area contributed by atoms with E-state index in [-0.39, 0.29) is 23.5 Å². The lowest BCUT2D eigenvalue weighted by Crippen LogP contribution is -2.42. The Balaban J connectivity index is 1.57. The molecule has 2 aromatic rings. The molecule has 1 amide bonds. The Morgan fingerprint density at radius 2 is 1.88 bits per heavy atom. The molecule has 3 rings (SSSR count). The van der Waals surface area contributed by atoms with Crippen LogP contribution >= 0.6 is 0 Å². The summed E-state index contributed by atoms with van der Waals surface area (Å²) in [5.74, 6) is 0.105. The summed E-state index contributed by atoms with van der Waals surface area (Å²) in [5.41, 5.74) is 1.43.